The van der Waals surface area contributed by atoms with Crippen molar-refractivity contribution in [2.75, 3.05) is 19.7 Å². The SMILES string of the molecule is C=CC(=O)N1CCC(COc2nc(-c3cnn(C)c3)cn3nccc23)CC1. The zero-order valence-electron chi connectivity index (χ0n) is 15.3. The van der Waals surface area contributed by atoms with Gasteiger partial charge < -0.3 is 9.64 Å². The number of hydrogen-bond donors (Lipinski definition) is 0. The minimum atomic E-state index is 0.00109. The molecule has 0 radical (unpaired) electrons. The molecular weight excluding hydrogens is 344 g/mol. The van der Waals surface area contributed by atoms with Crippen molar-refractivity contribution in [3.05, 3.63) is 43.5 Å². The number of hydrogen-bond acceptors (Lipinski definition) is 5. The number of aromatic nitrogens is 5. The molecule has 1 aliphatic heterocycles. The van der Waals surface area contributed by atoms with Gasteiger partial charge >= 0.3 is 0 Å². The molecule has 1 fully saturated rings. The van der Waals surface area contributed by atoms with Crippen LogP contribution in [0, 0.1) is 5.92 Å². The smallest absolute Gasteiger partial charge is 0.245 e. The number of rotatable bonds is 5. The summed E-state index contributed by atoms with van der Waals surface area (Å²) < 4.78 is 9.60. The molecule has 4 heterocycles. The Bertz CT molecular complexity index is 968. The molecule has 0 atom stereocenters. The Morgan fingerprint density at radius 2 is 2.15 bits per heavy atom. The number of carbonyl (C=O) groups is 1. The van der Waals surface area contributed by atoms with Gasteiger partial charge in [-0.1, -0.05) is 6.58 Å². The zero-order chi connectivity index (χ0) is 18.8. The number of nitrogens with zero attached hydrogens (tertiary/aromatic N) is 6. The predicted octanol–water partition coefficient (Wildman–Crippen LogP) is 1.93. The fraction of sp³-hybridized carbons (Fsp3) is 0.368. The summed E-state index contributed by atoms with van der Waals surface area (Å²) in [7, 11) is 1.87. The van der Waals surface area contributed by atoms with E-state index in [2.05, 4.69) is 21.8 Å². The fourth-order valence-electron chi connectivity index (χ4n) is 3.34. The van der Waals surface area contributed by atoms with E-state index in [-0.39, 0.29) is 5.91 Å². The van der Waals surface area contributed by atoms with Crippen molar-refractivity contribution in [2.45, 2.75) is 12.8 Å². The molecule has 0 aromatic carbocycles. The molecule has 0 spiro atoms. The molecule has 140 valence electrons. The third kappa shape index (κ3) is 3.55. The van der Waals surface area contributed by atoms with E-state index in [1.165, 1.54) is 6.08 Å². The Morgan fingerprint density at radius 1 is 1.33 bits per heavy atom. The van der Waals surface area contributed by atoms with Gasteiger partial charge in [-0.25, -0.2) is 9.50 Å². The second kappa shape index (κ2) is 7.22. The minimum Gasteiger partial charge on any atom is -0.476 e. The van der Waals surface area contributed by atoms with Gasteiger partial charge in [-0.3, -0.25) is 9.48 Å². The maximum absolute atomic E-state index is 11.7. The van der Waals surface area contributed by atoms with Crippen LogP contribution in [0.1, 0.15) is 12.8 Å². The lowest BCUT2D eigenvalue weighted by Crippen LogP contribution is -2.38. The molecule has 1 amide bonds. The van der Waals surface area contributed by atoms with Crippen LogP contribution in [0.3, 0.4) is 0 Å². The van der Waals surface area contributed by atoms with E-state index in [1.54, 1.807) is 21.6 Å². The second-order valence-corrected chi connectivity index (χ2v) is 6.78. The number of fused-ring (bicyclic) bond motifs is 1. The number of piperidine rings is 1. The zero-order valence-corrected chi connectivity index (χ0v) is 15.3. The highest BCUT2D eigenvalue weighted by molar-refractivity contribution is 5.87. The molecule has 3 aromatic rings. The largest absolute Gasteiger partial charge is 0.476 e. The number of aryl methyl sites for hydroxylation is 1. The third-order valence-electron chi connectivity index (χ3n) is 4.91. The molecule has 4 rings (SSSR count). The molecule has 8 nitrogen and oxygen atoms in total. The second-order valence-electron chi connectivity index (χ2n) is 6.78. The lowest BCUT2D eigenvalue weighted by Gasteiger charge is -2.31. The summed E-state index contributed by atoms with van der Waals surface area (Å²) in [5.74, 6) is 0.963. The van der Waals surface area contributed by atoms with Crippen molar-refractivity contribution in [1.82, 2.24) is 29.3 Å². The minimum absolute atomic E-state index is 0.00109. The average Bonchev–Trinajstić information content (AvgIpc) is 3.34. The summed E-state index contributed by atoms with van der Waals surface area (Å²) in [6.45, 7) is 5.60. The van der Waals surface area contributed by atoms with E-state index in [4.69, 9.17) is 4.74 Å². The van der Waals surface area contributed by atoms with Gasteiger partial charge in [-0.05, 0) is 30.9 Å². The van der Waals surface area contributed by atoms with E-state index in [0.29, 0.717) is 18.4 Å². The lowest BCUT2D eigenvalue weighted by molar-refractivity contribution is -0.127. The van der Waals surface area contributed by atoms with Crippen molar-refractivity contribution in [3.63, 3.8) is 0 Å². The molecule has 0 N–H and O–H groups in total. The van der Waals surface area contributed by atoms with E-state index in [1.807, 2.05) is 30.4 Å². The van der Waals surface area contributed by atoms with Crippen molar-refractivity contribution in [2.24, 2.45) is 13.0 Å². The lowest BCUT2D eigenvalue weighted by atomic mass is 9.98. The van der Waals surface area contributed by atoms with E-state index in [9.17, 15) is 4.79 Å². The van der Waals surface area contributed by atoms with Gasteiger partial charge in [0, 0.05) is 31.9 Å². The highest BCUT2D eigenvalue weighted by Crippen LogP contribution is 2.25. The Kier molecular flexibility index (Phi) is 4.62. The standard InChI is InChI=1S/C19H22N6O2/c1-3-18(26)24-8-5-14(6-9-24)13-27-19-17-4-7-20-25(17)12-16(22-19)15-10-21-23(2)11-15/h3-4,7,10-12,14H,1,5-6,8-9,13H2,2H3. The Balaban J connectivity index is 1.48. The molecular formula is C19H22N6O2. The molecule has 8 heteroatoms. The fourth-order valence-corrected chi connectivity index (χ4v) is 3.34. The van der Waals surface area contributed by atoms with Crippen LogP contribution in [0.4, 0.5) is 0 Å². The van der Waals surface area contributed by atoms with Crippen molar-refractivity contribution in [1.29, 1.82) is 0 Å². The van der Waals surface area contributed by atoms with Crippen molar-refractivity contribution in [3.8, 4) is 17.1 Å². The Labute approximate surface area is 157 Å². The van der Waals surface area contributed by atoms with Gasteiger partial charge in [0.05, 0.1) is 30.9 Å². The summed E-state index contributed by atoms with van der Waals surface area (Å²) in [6.07, 6.45) is 10.5. The summed E-state index contributed by atoms with van der Waals surface area (Å²) in [4.78, 5) is 18.2. The van der Waals surface area contributed by atoms with Gasteiger partial charge in [0.25, 0.3) is 0 Å². The van der Waals surface area contributed by atoms with Crippen molar-refractivity contribution < 1.29 is 9.53 Å². The van der Waals surface area contributed by atoms with Gasteiger partial charge in [-0.2, -0.15) is 10.2 Å². The first-order valence-electron chi connectivity index (χ1n) is 9.01. The summed E-state index contributed by atoms with van der Waals surface area (Å²) in [5, 5.41) is 8.53. The molecule has 0 unspecified atom stereocenters. The quantitative estimate of drug-likeness (QED) is 0.645. The van der Waals surface area contributed by atoms with Crippen LogP contribution in [-0.2, 0) is 11.8 Å². The van der Waals surface area contributed by atoms with Crippen LogP contribution in [0.15, 0.2) is 43.5 Å². The highest BCUT2D eigenvalue weighted by atomic mass is 16.5. The van der Waals surface area contributed by atoms with Crippen LogP contribution < -0.4 is 4.74 Å². The van der Waals surface area contributed by atoms with E-state index in [0.717, 1.165) is 42.7 Å². The molecule has 1 saturated heterocycles. The van der Waals surface area contributed by atoms with Crippen LogP contribution in [0.25, 0.3) is 16.8 Å². The Hall–Kier alpha value is -3.16. The summed E-state index contributed by atoms with van der Waals surface area (Å²) >= 11 is 0. The summed E-state index contributed by atoms with van der Waals surface area (Å²) in [6, 6.07) is 1.89. The van der Waals surface area contributed by atoms with Gasteiger partial charge in [0.2, 0.25) is 11.8 Å². The molecule has 0 aliphatic carbocycles. The van der Waals surface area contributed by atoms with Crippen LogP contribution in [0.5, 0.6) is 5.88 Å². The molecule has 1 aliphatic rings. The molecule has 0 saturated carbocycles. The number of likely N-dealkylation sites (tertiary alicyclic amines) is 1. The maximum atomic E-state index is 11.7. The first-order valence-corrected chi connectivity index (χ1v) is 9.01. The monoisotopic (exact) mass is 366 g/mol. The number of ether oxygens (including phenoxy) is 1. The van der Waals surface area contributed by atoms with E-state index >= 15 is 0 Å². The van der Waals surface area contributed by atoms with Crippen LogP contribution >= 0.6 is 0 Å². The highest BCUT2D eigenvalue weighted by Gasteiger charge is 2.22. The number of amides is 1. The van der Waals surface area contributed by atoms with Gasteiger partial charge in [0.1, 0.15) is 5.52 Å². The Morgan fingerprint density at radius 3 is 2.85 bits per heavy atom. The van der Waals surface area contributed by atoms with Crippen LogP contribution in [-0.4, -0.2) is 54.9 Å². The molecule has 27 heavy (non-hydrogen) atoms. The first kappa shape index (κ1) is 17.3. The first-order chi connectivity index (χ1) is 13.1. The third-order valence-corrected chi connectivity index (χ3v) is 4.91. The van der Waals surface area contributed by atoms with E-state index < -0.39 is 0 Å². The molecule has 0 bridgehead atoms. The predicted molar refractivity (Wildman–Crippen MR) is 100 cm³/mol. The van der Waals surface area contributed by atoms with Crippen molar-refractivity contribution >= 4 is 11.4 Å². The van der Waals surface area contributed by atoms with Gasteiger partial charge in [-0.15, -0.1) is 0 Å². The average molecular weight is 366 g/mol. The normalized spacial score (nSPS) is 15.2. The molecule has 3 aromatic heterocycles. The maximum Gasteiger partial charge on any atom is 0.245 e. The summed E-state index contributed by atoms with van der Waals surface area (Å²) in [5.41, 5.74) is 2.51. The van der Waals surface area contributed by atoms with Gasteiger partial charge in [0.15, 0.2) is 0 Å². The topological polar surface area (TPSA) is 77.6 Å². The number of carbonyl (C=O) groups excluding carboxylic acids is 1. The van der Waals surface area contributed by atoms with Crippen LogP contribution in [0.2, 0.25) is 0 Å².